The molecule has 4 nitrogen and oxygen atoms in total. The van der Waals surface area contributed by atoms with E-state index in [1.54, 1.807) is 23.9 Å². The summed E-state index contributed by atoms with van der Waals surface area (Å²) in [5, 5.41) is 3.53. The van der Waals surface area contributed by atoms with Crippen LogP contribution >= 0.6 is 11.8 Å². The Kier molecular flexibility index (Phi) is 3.73. The maximum atomic E-state index is 11.9. The lowest BCUT2D eigenvalue weighted by molar-refractivity contribution is 0.0978. The molecule has 1 heterocycles. The Labute approximate surface area is 116 Å². The van der Waals surface area contributed by atoms with Crippen molar-refractivity contribution in [2.75, 3.05) is 18.9 Å². The largest absolute Gasteiger partial charge is 0.493 e. The fourth-order valence-corrected chi connectivity index (χ4v) is 2.50. The van der Waals surface area contributed by atoms with Gasteiger partial charge in [-0.3, -0.25) is 9.79 Å². The Morgan fingerprint density at radius 1 is 1.37 bits per heavy atom. The van der Waals surface area contributed by atoms with E-state index >= 15 is 0 Å². The molecule has 19 heavy (non-hydrogen) atoms. The van der Waals surface area contributed by atoms with Gasteiger partial charge in [0.25, 0.3) is 5.91 Å². The first kappa shape index (κ1) is 12.5. The van der Waals surface area contributed by atoms with Crippen LogP contribution in [0.2, 0.25) is 0 Å². The highest BCUT2D eigenvalue weighted by Gasteiger charge is 2.21. The minimum atomic E-state index is -0.109. The summed E-state index contributed by atoms with van der Waals surface area (Å²) in [4.78, 5) is 16.1. The average molecular weight is 276 g/mol. The van der Waals surface area contributed by atoms with Gasteiger partial charge in [-0.2, -0.15) is 0 Å². The maximum absolute atomic E-state index is 11.9. The van der Waals surface area contributed by atoms with Crippen molar-refractivity contribution >= 4 is 22.8 Å². The normalized spacial score (nSPS) is 18.0. The highest BCUT2D eigenvalue weighted by Crippen LogP contribution is 2.29. The predicted molar refractivity (Wildman–Crippen MR) is 76.9 cm³/mol. The highest BCUT2D eigenvalue weighted by molar-refractivity contribution is 8.14. The molecule has 0 radical (unpaired) electrons. The zero-order chi connectivity index (χ0) is 13.1. The predicted octanol–water partition coefficient (Wildman–Crippen LogP) is 2.31. The zero-order valence-corrected chi connectivity index (χ0v) is 11.4. The van der Waals surface area contributed by atoms with E-state index in [1.165, 1.54) is 12.8 Å². The maximum Gasteiger partial charge on any atom is 0.257 e. The molecule has 5 heteroatoms. The van der Waals surface area contributed by atoms with Gasteiger partial charge >= 0.3 is 0 Å². The molecular weight excluding hydrogens is 260 g/mol. The van der Waals surface area contributed by atoms with E-state index in [-0.39, 0.29) is 5.91 Å². The van der Waals surface area contributed by atoms with Crippen LogP contribution in [0.25, 0.3) is 0 Å². The Morgan fingerprint density at radius 2 is 2.16 bits per heavy atom. The molecule has 0 atom stereocenters. The van der Waals surface area contributed by atoms with Crippen molar-refractivity contribution in [2.45, 2.75) is 12.8 Å². The summed E-state index contributed by atoms with van der Waals surface area (Å²) >= 11 is 1.58. The molecule has 0 aromatic heterocycles. The summed E-state index contributed by atoms with van der Waals surface area (Å²) in [6.45, 7) is 1.58. The number of rotatable bonds is 4. The van der Waals surface area contributed by atoms with Crippen molar-refractivity contribution in [3.05, 3.63) is 29.8 Å². The molecule has 2 aliphatic rings. The standard InChI is InChI=1S/C14H16N2O2S/c17-13(16-14-15-7-8-19-14)11-3-5-12(6-4-11)18-9-10-1-2-10/h3-6,10H,1-2,7-9H2,(H,15,16,17). The van der Waals surface area contributed by atoms with Crippen molar-refractivity contribution < 1.29 is 9.53 Å². The zero-order valence-electron chi connectivity index (χ0n) is 10.6. The third-order valence-electron chi connectivity index (χ3n) is 3.11. The van der Waals surface area contributed by atoms with Crippen LogP contribution in [0.3, 0.4) is 0 Å². The van der Waals surface area contributed by atoms with Crippen LogP contribution in [0.1, 0.15) is 23.2 Å². The summed E-state index contributed by atoms with van der Waals surface area (Å²) < 4.78 is 5.64. The number of benzene rings is 1. The Morgan fingerprint density at radius 3 is 2.79 bits per heavy atom. The van der Waals surface area contributed by atoms with Gasteiger partial charge in [0, 0.05) is 11.3 Å². The minimum absolute atomic E-state index is 0.109. The molecule has 1 N–H and O–H groups in total. The van der Waals surface area contributed by atoms with Gasteiger partial charge in [-0.25, -0.2) is 0 Å². The first-order valence-corrected chi connectivity index (χ1v) is 7.51. The van der Waals surface area contributed by atoms with Gasteiger partial charge in [0.15, 0.2) is 5.17 Å². The molecule has 0 saturated heterocycles. The number of amides is 1. The fourth-order valence-electron chi connectivity index (χ4n) is 1.78. The van der Waals surface area contributed by atoms with Crippen molar-refractivity contribution in [2.24, 2.45) is 10.9 Å². The topological polar surface area (TPSA) is 50.7 Å². The molecule has 1 aliphatic heterocycles. The summed E-state index contributed by atoms with van der Waals surface area (Å²) in [7, 11) is 0. The van der Waals surface area contributed by atoms with Crippen molar-refractivity contribution in [3.8, 4) is 5.75 Å². The molecule has 1 aliphatic carbocycles. The van der Waals surface area contributed by atoms with Crippen LogP contribution in [0.5, 0.6) is 5.75 Å². The van der Waals surface area contributed by atoms with Gasteiger partial charge < -0.3 is 10.1 Å². The summed E-state index contributed by atoms with van der Waals surface area (Å²) in [6, 6.07) is 7.28. The van der Waals surface area contributed by atoms with Crippen LogP contribution < -0.4 is 10.1 Å². The number of nitrogens with one attached hydrogen (secondary N) is 1. The first-order valence-electron chi connectivity index (χ1n) is 6.53. The molecule has 1 aromatic carbocycles. The van der Waals surface area contributed by atoms with Gasteiger partial charge in [-0.15, -0.1) is 0 Å². The third-order valence-corrected chi connectivity index (χ3v) is 4.00. The number of hydrogen-bond acceptors (Lipinski definition) is 4. The van der Waals surface area contributed by atoms with Crippen LogP contribution in [0, 0.1) is 5.92 Å². The Hall–Kier alpha value is -1.49. The van der Waals surface area contributed by atoms with E-state index in [2.05, 4.69) is 10.3 Å². The van der Waals surface area contributed by atoms with Crippen LogP contribution in [0.4, 0.5) is 0 Å². The minimum Gasteiger partial charge on any atom is -0.493 e. The number of amidine groups is 1. The number of thioether (sulfide) groups is 1. The molecule has 0 spiro atoms. The van der Waals surface area contributed by atoms with Crippen molar-refractivity contribution in [3.63, 3.8) is 0 Å². The van der Waals surface area contributed by atoms with Gasteiger partial charge in [0.05, 0.1) is 13.2 Å². The second kappa shape index (κ2) is 5.65. The van der Waals surface area contributed by atoms with Gasteiger partial charge in [0.2, 0.25) is 0 Å². The lowest BCUT2D eigenvalue weighted by atomic mass is 10.2. The van der Waals surface area contributed by atoms with Crippen molar-refractivity contribution in [1.82, 2.24) is 5.32 Å². The van der Waals surface area contributed by atoms with E-state index in [1.807, 2.05) is 12.1 Å². The number of carbonyl (C=O) groups excluding carboxylic acids is 1. The van der Waals surface area contributed by atoms with E-state index < -0.39 is 0 Å². The molecule has 3 rings (SSSR count). The molecule has 1 fully saturated rings. The van der Waals surface area contributed by atoms with Gasteiger partial charge in [0.1, 0.15) is 5.75 Å². The summed E-state index contributed by atoms with van der Waals surface area (Å²) in [5.74, 6) is 2.40. The average Bonchev–Trinajstić information content (AvgIpc) is 3.13. The van der Waals surface area contributed by atoms with E-state index in [0.717, 1.165) is 35.7 Å². The lowest BCUT2D eigenvalue weighted by Crippen LogP contribution is -2.27. The lowest BCUT2D eigenvalue weighted by Gasteiger charge is -2.07. The number of ether oxygens (including phenoxy) is 1. The van der Waals surface area contributed by atoms with Gasteiger partial charge in [-0.1, -0.05) is 11.8 Å². The molecule has 1 amide bonds. The fraction of sp³-hybridized carbons (Fsp3) is 0.429. The monoisotopic (exact) mass is 276 g/mol. The smallest absolute Gasteiger partial charge is 0.257 e. The number of nitrogens with zero attached hydrogens (tertiary/aromatic N) is 1. The number of aliphatic imine (C=N–C) groups is 1. The molecule has 0 unspecified atom stereocenters. The van der Waals surface area contributed by atoms with Crippen LogP contribution in [-0.2, 0) is 0 Å². The number of carbonyl (C=O) groups is 1. The molecule has 1 aromatic rings. The van der Waals surface area contributed by atoms with Crippen LogP contribution in [0.15, 0.2) is 29.3 Å². The number of hydrogen-bond donors (Lipinski definition) is 1. The van der Waals surface area contributed by atoms with E-state index in [0.29, 0.717) is 5.56 Å². The van der Waals surface area contributed by atoms with E-state index in [9.17, 15) is 4.79 Å². The summed E-state index contributed by atoms with van der Waals surface area (Å²) in [6.07, 6.45) is 2.56. The Balaban J connectivity index is 1.56. The Bertz CT molecular complexity index is 495. The molecule has 100 valence electrons. The van der Waals surface area contributed by atoms with Gasteiger partial charge in [-0.05, 0) is 43.0 Å². The highest BCUT2D eigenvalue weighted by atomic mass is 32.2. The first-order chi connectivity index (χ1) is 9.31. The molecular formula is C14H16N2O2S. The van der Waals surface area contributed by atoms with Crippen molar-refractivity contribution in [1.29, 1.82) is 0 Å². The summed E-state index contributed by atoms with van der Waals surface area (Å²) in [5.41, 5.74) is 0.633. The second-order valence-corrected chi connectivity index (χ2v) is 5.85. The third kappa shape index (κ3) is 3.50. The second-order valence-electron chi connectivity index (χ2n) is 4.77. The van der Waals surface area contributed by atoms with Crippen LogP contribution in [-0.4, -0.2) is 30.0 Å². The van der Waals surface area contributed by atoms with E-state index in [4.69, 9.17) is 4.74 Å². The SMILES string of the molecule is O=C(NC1=NCCS1)c1ccc(OCC2CC2)cc1. The quantitative estimate of drug-likeness (QED) is 0.918. The molecule has 1 saturated carbocycles. The molecule has 0 bridgehead atoms.